The lowest BCUT2D eigenvalue weighted by molar-refractivity contribution is -0.156. The molecule has 3 rings (SSSR count). The van der Waals surface area contributed by atoms with Crippen LogP contribution >= 0.6 is 0 Å². The second-order valence-electron chi connectivity index (χ2n) is 8.51. The number of carboxylic acids is 1. The van der Waals surface area contributed by atoms with Gasteiger partial charge in [0.15, 0.2) is 5.82 Å². The van der Waals surface area contributed by atoms with Crippen LogP contribution in [-0.2, 0) is 9.53 Å². The third-order valence-corrected chi connectivity index (χ3v) is 4.75. The van der Waals surface area contributed by atoms with E-state index in [0.29, 0.717) is 16.7 Å². The highest BCUT2D eigenvalue weighted by Crippen LogP contribution is 2.31. The maximum Gasteiger partial charge on any atom is 0.335 e. The number of carbonyl (C=O) groups excluding carboxylic acids is 2. The van der Waals surface area contributed by atoms with Gasteiger partial charge in [0, 0.05) is 11.8 Å². The number of benzene rings is 2. The second kappa shape index (κ2) is 9.80. The third-order valence-electron chi connectivity index (χ3n) is 4.75. The first kappa shape index (κ1) is 24.5. The van der Waals surface area contributed by atoms with Crippen LogP contribution in [0.4, 0.5) is 10.1 Å². The van der Waals surface area contributed by atoms with E-state index in [4.69, 9.17) is 10.5 Å². The molecule has 0 bridgehead atoms. The number of nitrogens with zero attached hydrogens (tertiary/aromatic N) is 1. The lowest BCUT2D eigenvalue weighted by atomic mass is 9.92. The number of nitrogens with one attached hydrogen (secondary N) is 1. The quantitative estimate of drug-likeness (QED) is 0.465. The lowest BCUT2D eigenvalue weighted by Gasteiger charge is -2.23. The van der Waals surface area contributed by atoms with Crippen molar-refractivity contribution >= 4 is 23.5 Å². The molecule has 0 saturated carbocycles. The number of hydrogen-bond donors (Lipinski definition) is 3. The summed E-state index contributed by atoms with van der Waals surface area (Å²) in [5.74, 6) is -3.13. The fraction of sp³-hybridized carbons (Fsp3) is 0.200. The fourth-order valence-corrected chi connectivity index (χ4v) is 3.20. The Kier molecular flexibility index (Phi) is 7.07. The second-order valence-corrected chi connectivity index (χ2v) is 8.51. The fourth-order valence-electron chi connectivity index (χ4n) is 3.20. The Morgan fingerprint density at radius 1 is 1.09 bits per heavy atom. The van der Waals surface area contributed by atoms with Crippen LogP contribution in [0.15, 0.2) is 60.9 Å². The number of halogens is 1. The van der Waals surface area contributed by atoms with Crippen LogP contribution in [0.3, 0.4) is 0 Å². The molecule has 0 aliphatic heterocycles. The minimum absolute atomic E-state index is 0.0167. The average molecular weight is 465 g/mol. The van der Waals surface area contributed by atoms with Crippen molar-refractivity contribution in [3.05, 3.63) is 83.4 Å². The van der Waals surface area contributed by atoms with E-state index < -0.39 is 35.3 Å². The Hall–Kier alpha value is -4.11. The molecule has 1 aromatic heterocycles. The number of amides is 1. The zero-order chi connectivity index (χ0) is 25.0. The SMILES string of the molecule is CC(C)(C)OC(=O)C(N)c1ccc(C(=O)Nc2ccncc2F)cc1-c1cccc(C(=O)O)c1. The molecule has 1 amide bonds. The number of hydrogen-bond acceptors (Lipinski definition) is 6. The van der Waals surface area contributed by atoms with Crippen molar-refractivity contribution in [2.75, 3.05) is 5.32 Å². The molecule has 3 aromatic rings. The monoisotopic (exact) mass is 465 g/mol. The smallest absolute Gasteiger partial charge is 0.335 e. The molecule has 0 fully saturated rings. The highest BCUT2D eigenvalue weighted by atomic mass is 19.1. The van der Waals surface area contributed by atoms with Gasteiger partial charge in [-0.15, -0.1) is 0 Å². The van der Waals surface area contributed by atoms with Gasteiger partial charge in [-0.2, -0.15) is 0 Å². The highest BCUT2D eigenvalue weighted by molar-refractivity contribution is 6.05. The van der Waals surface area contributed by atoms with E-state index in [1.165, 1.54) is 42.6 Å². The molecular formula is C25H24FN3O5. The van der Waals surface area contributed by atoms with Gasteiger partial charge in [-0.1, -0.05) is 18.2 Å². The molecule has 0 radical (unpaired) electrons. The summed E-state index contributed by atoms with van der Waals surface area (Å²) in [6.45, 7) is 5.13. The first-order chi connectivity index (χ1) is 16.0. The normalized spacial score (nSPS) is 12.0. The van der Waals surface area contributed by atoms with Gasteiger partial charge in [-0.05, 0) is 67.8 Å². The molecule has 2 aromatic carbocycles. The molecule has 4 N–H and O–H groups in total. The average Bonchev–Trinajstić information content (AvgIpc) is 2.78. The van der Waals surface area contributed by atoms with Crippen molar-refractivity contribution in [3.8, 4) is 11.1 Å². The van der Waals surface area contributed by atoms with Gasteiger partial charge in [0.2, 0.25) is 0 Å². The van der Waals surface area contributed by atoms with E-state index in [0.717, 1.165) is 6.20 Å². The van der Waals surface area contributed by atoms with Crippen molar-refractivity contribution in [1.29, 1.82) is 0 Å². The predicted molar refractivity (Wildman–Crippen MR) is 124 cm³/mol. The van der Waals surface area contributed by atoms with Gasteiger partial charge in [-0.25, -0.2) is 14.0 Å². The summed E-state index contributed by atoms with van der Waals surface area (Å²) < 4.78 is 19.3. The van der Waals surface area contributed by atoms with Crippen molar-refractivity contribution < 1.29 is 28.6 Å². The molecule has 1 atom stereocenters. The summed E-state index contributed by atoms with van der Waals surface area (Å²) in [4.78, 5) is 40.6. The molecule has 176 valence electrons. The molecule has 0 spiro atoms. The number of rotatable bonds is 6. The predicted octanol–water partition coefficient (Wildman–Crippen LogP) is 4.18. The maximum absolute atomic E-state index is 13.9. The minimum atomic E-state index is -1.20. The van der Waals surface area contributed by atoms with Gasteiger partial charge in [0.05, 0.1) is 17.4 Å². The Bertz CT molecular complexity index is 1250. The molecule has 1 unspecified atom stereocenters. The van der Waals surface area contributed by atoms with Crippen LogP contribution in [0.25, 0.3) is 11.1 Å². The highest BCUT2D eigenvalue weighted by Gasteiger charge is 2.26. The summed E-state index contributed by atoms with van der Waals surface area (Å²) >= 11 is 0. The first-order valence-electron chi connectivity index (χ1n) is 10.3. The number of carboxylic acid groups (broad SMARTS) is 1. The minimum Gasteiger partial charge on any atom is -0.478 e. The van der Waals surface area contributed by atoms with E-state index in [2.05, 4.69) is 10.3 Å². The van der Waals surface area contributed by atoms with Crippen LogP contribution < -0.4 is 11.1 Å². The molecular weight excluding hydrogens is 441 g/mol. The standard InChI is InChI=1S/C25H24FN3O5/c1-25(2,3)34-24(33)21(27)17-8-7-15(22(30)29-20-9-10-28-13-19(20)26)12-18(17)14-5-4-6-16(11-14)23(31)32/h4-13,21H,27H2,1-3H3,(H,31,32)(H,28,29,30). The Morgan fingerprint density at radius 3 is 2.47 bits per heavy atom. The molecule has 9 heteroatoms. The molecule has 0 saturated heterocycles. The maximum atomic E-state index is 13.9. The number of anilines is 1. The summed E-state index contributed by atoms with van der Waals surface area (Å²) in [6, 6.07) is 10.5. The van der Waals surface area contributed by atoms with Crippen LogP contribution in [0.2, 0.25) is 0 Å². The topological polar surface area (TPSA) is 132 Å². The van der Waals surface area contributed by atoms with Gasteiger partial charge < -0.3 is 20.9 Å². The summed E-state index contributed by atoms with van der Waals surface area (Å²) in [5, 5.41) is 11.8. The van der Waals surface area contributed by atoms with Crippen LogP contribution in [0.5, 0.6) is 0 Å². The zero-order valence-electron chi connectivity index (χ0n) is 18.8. The van der Waals surface area contributed by atoms with Crippen molar-refractivity contribution in [2.45, 2.75) is 32.4 Å². The van der Waals surface area contributed by atoms with E-state index in [-0.39, 0.29) is 16.8 Å². The third kappa shape index (κ3) is 5.81. The number of carbonyl (C=O) groups is 3. The Labute approximate surface area is 195 Å². The number of nitrogens with two attached hydrogens (primary N) is 1. The molecule has 34 heavy (non-hydrogen) atoms. The van der Waals surface area contributed by atoms with E-state index >= 15 is 0 Å². The number of aromatic nitrogens is 1. The van der Waals surface area contributed by atoms with Crippen molar-refractivity contribution in [2.24, 2.45) is 5.73 Å². The van der Waals surface area contributed by atoms with Gasteiger partial charge in [-0.3, -0.25) is 9.78 Å². The largest absolute Gasteiger partial charge is 0.478 e. The van der Waals surface area contributed by atoms with E-state index in [1.54, 1.807) is 32.9 Å². The van der Waals surface area contributed by atoms with E-state index in [9.17, 15) is 23.9 Å². The molecule has 0 aliphatic carbocycles. The number of esters is 1. The Morgan fingerprint density at radius 2 is 1.82 bits per heavy atom. The lowest BCUT2D eigenvalue weighted by Crippen LogP contribution is -2.32. The Balaban J connectivity index is 2.07. The summed E-state index contributed by atoms with van der Waals surface area (Å²) in [7, 11) is 0. The van der Waals surface area contributed by atoms with Gasteiger partial charge in [0.1, 0.15) is 11.6 Å². The number of ether oxygens (including phenoxy) is 1. The van der Waals surface area contributed by atoms with Crippen molar-refractivity contribution in [3.63, 3.8) is 0 Å². The van der Waals surface area contributed by atoms with Gasteiger partial charge >= 0.3 is 11.9 Å². The van der Waals surface area contributed by atoms with Crippen molar-refractivity contribution in [1.82, 2.24) is 4.98 Å². The van der Waals surface area contributed by atoms with E-state index in [1.807, 2.05) is 0 Å². The molecule has 0 aliphatic rings. The van der Waals surface area contributed by atoms with Crippen LogP contribution in [-0.4, -0.2) is 33.5 Å². The first-order valence-corrected chi connectivity index (χ1v) is 10.3. The molecule has 1 heterocycles. The summed E-state index contributed by atoms with van der Waals surface area (Å²) in [6.07, 6.45) is 2.31. The van der Waals surface area contributed by atoms with Gasteiger partial charge in [0.25, 0.3) is 5.91 Å². The van der Waals surface area contributed by atoms with Crippen LogP contribution in [0.1, 0.15) is 53.1 Å². The van der Waals surface area contributed by atoms with Crippen LogP contribution in [0, 0.1) is 5.82 Å². The zero-order valence-corrected chi connectivity index (χ0v) is 18.8. The number of pyridine rings is 1. The summed E-state index contributed by atoms with van der Waals surface area (Å²) in [5.41, 5.74) is 6.67. The molecule has 8 nitrogen and oxygen atoms in total. The number of aromatic carboxylic acids is 1.